The molecule has 2 aliphatic carbocycles. The molecule has 154 valence electrons. The Morgan fingerprint density at radius 3 is 2.39 bits per heavy atom. The number of fused-ring (bicyclic) bond motifs is 1. The Kier molecular flexibility index (Phi) is 7.10. The fraction of sp³-hybridized carbons (Fsp3) is 0.667. The van der Waals surface area contributed by atoms with Gasteiger partial charge < -0.3 is 15.2 Å². The quantitative estimate of drug-likeness (QED) is 0.705. The zero-order valence-corrected chi connectivity index (χ0v) is 17.2. The van der Waals surface area contributed by atoms with Gasteiger partial charge in [-0.05, 0) is 51.0 Å². The summed E-state index contributed by atoms with van der Waals surface area (Å²) in [5, 5.41) is 12.9. The summed E-state index contributed by atoms with van der Waals surface area (Å²) in [7, 11) is 0. The third kappa shape index (κ3) is 4.57. The van der Waals surface area contributed by atoms with Crippen molar-refractivity contribution in [3.05, 3.63) is 16.0 Å². The first kappa shape index (κ1) is 20.8. The first-order valence-corrected chi connectivity index (χ1v) is 11.2. The second-order valence-corrected chi connectivity index (χ2v) is 8.77. The molecule has 1 aromatic heterocycles. The highest BCUT2D eigenvalue weighted by Crippen LogP contribution is 2.39. The smallest absolute Gasteiger partial charge is 0.341 e. The van der Waals surface area contributed by atoms with Crippen LogP contribution in [0.4, 0.5) is 5.00 Å². The highest BCUT2D eigenvalue weighted by molar-refractivity contribution is 7.17. The fourth-order valence-electron chi connectivity index (χ4n) is 4.37. The minimum absolute atomic E-state index is 0.278. The number of carboxylic acids is 1. The minimum atomic E-state index is -0.913. The second-order valence-electron chi connectivity index (χ2n) is 7.67. The van der Waals surface area contributed by atoms with Crippen LogP contribution in [-0.2, 0) is 27.2 Å². The van der Waals surface area contributed by atoms with Crippen molar-refractivity contribution in [2.45, 2.75) is 71.1 Å². The zero-order valence-electron chi connectivity index (χ0n) is 16.4. The molecule has 0 unspecified atom stereocenters. The van der Waals surface area contributed by atoms with Crippen molar-refractivity contribution in [2.75, 3.05) is 11.9 Å². The lowest BCUT2D eigenvalue weighted by molar-refractivity contribution is -0.147. The van der Waals surface area contributed by atoms with Crippen LogP contribution in [0.1, 0.15) is 79.1 Å². The van der Waals surface area contributed by atoms with E-state index in [1.165, 1.54) is 17.8 Å². The number of thiophene rings is 1. The predicted octanol–water partition coefficient (Wildman–Crippen LogP) is 4.41. The number of hydrogen-bond donors (Lipinski definition) is 2. The maximum Gasteiger partial charge on any atom is 0.341 e. The molecule has 0 aromatic carbocycles. The summed E-state index contributed by atoms with van der Waals surface area (Å²) in [6.07, 6.45) is 8.93. The van der Waals surface area contributed by atoms with Gasteiger partial charge in [0.2, 0.25) is 5.91 Å². The number of amides is 1. The average Bonchev–Trinajstić information content (AvgIpc) is 2.98. The van der Waals surface area contributed by atoms with E-state index in [4.69, 9.17) is 4.74 Å². The number of ether oxygens (including phenoxy) is 1. The van der Waals surface area contributed by atoms with Crippen molar-refractivity contribution in [3.63, 3.8) is 0 Å². The first-order chi connectivity index (χ1) is 13.5. The molecule has 2 atom stereocenters. The third-order valence-electron chi connectivity index (χ3n) is 5.81. The van der Waals surface area contributed by atoms with Crippen LogP contribution < -0.4 is 5.32 Å². The highest BCUT2D eigenvalue weighted by atomic mass is 32.1. The lowest BCUT2D eigenvalue weighted by Gasteiger charge is -2.27. The zero-order chi connectivity index (χ0) is 20.1. The molecule has 3 rings (SSSR count). The highest BCUT2D eigenvalue weighted by Gasteiger charge is 2.37. The molecule has 0 bridgehead atoms. The summed E-state index contributed by atoms with van der Waals surface area (Å²) < 4.78 is 5.27. The normalized spacial score (nSPS) is 22.5. The number of carbonyl (C=O) groups is 3. The second kappa shape index (κ2) is 9.54. The van der Waals surface area contributed by atoms with Crippen LogP contribution in [0.2, 0.25) is 0 Å². The Hall–Kier alpha value is -1.89. The van der Waals surface area contributed by atoms with Crippen LogP contribution in [0.5, 0.6) is 0 Å². The van der Waals surface area contributed by atoms with Gasteiger partial charge in [-0.1, -0.05) is 25.7 Å². The van der Waals surface area contributed by atoms with Crippen LogP contribution in [-0.4, -0.2) is 29.6 Å². The number of aryl methyl sites for hydroxylation is 1. The molecule has 2 N–H and O–H groups in total. The van der Waals surface area contributed by atoms with Gasteiger partial charge in [0.15, 0.2) is 0 Å². The van der Waals surface area contributed by atoms with E-state index in [0.717, 1.165) is 55.4 Å². The molecule has 1 amide bonds. The average molecular weight is 408 g/mol. The molecule has 1 aromatic rings. The maximum atomic E-state index is 12.9. The number of anilines is 1. The fourth-order valence-corrected chi connectivity index (χ4v) is 5.65. The number of esters is 1. The standard InChI is InChI=1S/C21H29NO5S/c1-2-27-21(26)17-15-11-5-3-4-6-12-16(15)28-19(17)22-18(23)13-9-7-8-10-14(13)20(24)25/h13-14H,2-12H2,1H3,(H,22,23)(H,24,25)/t13-,14+/m0/s1. The van der Waals surface area contributed by atoms with E-state index in [-0.39, 0.29) is 12.5 Å². The molecule has 0 saturated heterocycles. The molecule has 1 saturated carbocycles. The summed E-state index contributed by atoms with van der Waals surface area (Å²) in [6.45, 7) is 2.05. The van der Waals surface area contributed by atoms with Gasteiger partial charge in [-0.2, -0.15) is 0 Å². The molecular formula is C21H29NO5S. The van der Waals surface area contributed by atoms with Gasteiger partial charge in [-0.15, -0.1) is 11.3 Å². The number of carbonyl (C=O) groups excluding carboxylic acids is 2. The molecule has 28 heavy (non-hydrogen) atoms. The summed E-state index contributed by atoms with van der Waals surface area (Å²) in [4.78, 5) is 38.3. The molecule has 1 fully saturated rings. The summed E-state index contributed by atoms with van der Waals surface area (Å²) >= 11 is 1.46. The van der Waals surface area contributed by atoms with E-state index in [1.54, 1.807) is 6.92 Å². The van der Waals surface area contributed by atoms with Crippen molar-refractivity contribution in [1.29, 1.82) is 0 Å². The van der Waals surface area contributed by atoms with Gasteiger partial charge in [0, 0.05) is 4.88 Å². The largest absolute Gasteiger partial charge is 0.481 e. The number of rotatable bonds is 5. The van der Waals surface area contributed by atoms with Gasteiger partial charge in [-0.3, -0.25) is 9.59 Å². The topological polar surface area (TPSA) is 92.7 Å². The monoisotopic (exact) mass is 407 g/mol. The van der Waals surface area contributed by atoms with E-state index in [9.17, 15) is 19.5 Å². The molecule has 0 radical (unpaired) electrons. The first-order valence-electron chi connectivity index (χ1n) is 10.4. The Morgan fingerprint density at radius 2 is 1.71 bits per heavy atom. The molecule has 7 heteroatoms. The number of hydrogen-bond acceptors (Lipinski definition) is 5. The third-order valence-corrected chi connectivity index (χ3v) is 7.01. The van der Waals surface area contributed by atoms with Gasteiger partial charge in [-0.25, -0.2) is 4.79 Å². The van der Waals surface area contributed by atoms with E-state index in [2.05, 4.69) is 5.32 Å². The number of aliphatic carboxylic acids is 1. The number of carboxylic acid groups (broad SMARTS) is 1. The Morgan fingerprint density at radius 1 is 1.04 bits per heavy atom. The Labute approximate surface area is 169 Å². The summed E-state index contributed by atoms with van der Waals surface area (Å²) in [6, 6.07) is 0. The molecule has 1 heterocycles. The van der Waals surface area contributed by atoms with Crippen molar-refractivity contribution in [1.82, 2.24) is 0 Å². The van der Waals surface area contributed by atoms with E-state index < -0.39 is 23.8 Å². The van der Waals surface area contributed by atoms with E-state index in [0.29, 0.717) is 23.4 Å². The van der Waals surface area contributed by atoms with Crippen LogP contribution in [0, 0.1) is 11.8 Å². The van der Waals surface area contributed by atoms with Gasteiger partial charge in [0.05, 0.1) is 24.0 Å². The SMILES string of the molecule is CCOC(=O)c1c(NC(=O)[C@H]2CCCC[C@H]2C(=O)O)sc2c1CCCCCC2. The lowest BCUT2D eigenvalue weighted by atomic mass is 9.78. The van der Waals surface area contributed by atoms with Crippen LogP contribution >= 0.6 is 11.3 Å². The Balaban J connectivity index is 1.89. The lowest BCUT2D eigenvalue weighted by Crippen LogP contribution is -2.36. The van der Waals surface area contributed by atoms with E-state index >= 15 is 0 Å². The summed E-state index contributed by atoms with van der Waals surface area (Å²) in [5.74, 6) is -2.79. The van der Waals surface area contributed by atoms with Crippen LogP contribution in [0.25, 0.3) is 0 Å². The maximum absolute atomic E-state index is 12.9. The molecule has 2 aliphatic rings. The minimum Gasteiger partial charge on any atom is -0.481 e. The van der Waals surface area contributed by atoms with Crippen molar-refractivity contribution in [2.24, 2.45) is 11.8 Å². The van der Waals surface area contributed by atoms with Gasteiger partial charge in [0.25, 0.3) is 0 Å². The van der Waals surface area contributed by atoms with Crippen molar-refractivity contribution < 1.29 is 24.2 Å². The Bertz CT molecular complexity index is 741. The number of nitrogens with one attached hydrogen (secondary N) is 1. The van der Waals surface area contributed by atoms with Crippen molar-refractivity contribution >= 4 is 34.2 Å². The van der Waals surface area contributed by atoms with Crippen LogP contribution in [0.3, 0.4) is 0 Å². The predicted molar refractivity (Wildman–Crippen MR) is 108 cm³/mol. The summed E-state index contributed by atoms with van der Waals surface area (Å²) in [5.41, 5.74) is 1.50. The van der Waals surface area contributed by atoms with Crippen LogP contribution in [0.15, 0.2) is 0 Å². The molecule has 0 aliphatic heterocycles. The molecule has 0 spiro atoms. The molecule has 6 nitrogen and oxygen atoms in total. The van der Waals surface area contributed by atoms with E-state index in [1.807, 2.05) is 0 Å². The van der Waals surface area contributed by atoms with Crippen molar-refractivity contribution in [3.8, 4) is 0 Å². The van der Waals surface area contributed by atoms with Gasteiger partial charge >= 0.3 is 11.9 Å². The molecular weight excluding hydrogens is 378 g/mol. The van der Waals surface area contributed by atoms with Gasteiger partial charge in [0.1, 0.15) is 5.00 Å².